The lowest BCUT2D eigenvalue weighted by Gasteiger charge is -2.33. The van der Waals surface area contributed by atoms with E-state index in [9.17, 15) is 35.7 Å². The van der Waals surface area contributed by atoms with E-state index in [0.717, 1.165) is 0 Å². The molecule has 3 heterocycles. The second-order valence-electron chi connectivity index (χ2n) is 10.0. The number of hydrogen-bond acceptors (Lipinski definition) is 10. The van der Waals surface area contributed by atoms with Crippen LogP contribution in [0.25, 0.3) is 6.08 Å². The van der Waals surface area contributed by atoms with Crippen LogP contribution in [0.1, 0.15) is 40.0 Å². The maximum Gasteiger partial charge on any atom is 0.180 e. The molecule has 202 valence electrons. The van der Waals surface area contributed by atoms with E-state index in [1.165, 1.54) is 48.5 Å². The normalized spacial score (nSPS) is 21.9. The van der Waals surface area contributed by atoms with Crippen LogP contribution < -0.4 is 14.2 Å². The summed E-state index contributed by atoms with van der Waals surface area (Å²) in [5, 5.41) is 73.1. The lowest BCUT2D eigenvalue weighted by atomic mass is 9.69. The average Bonchev–Trinajstić information content (AvgIpc) is 3.44. The van der Waals surface area contributed by atoms with Crippen molar-refractivity contribution >= 4 is 6.08 Å². The summed E-state index contributed by atoms with van der Waals surface area (Å²) in [6, 6.07) is 14.2. The molecule has 10 heteroatoms. The number of rotatable bonds is 2. The summed E-state index contributed by atoms with van der Waals surface area (Å²) in [6.07, 6.45) is -0.567. The van der Waals surface area contributed by atoms with Gasteiger partial charge in [0.25, 0.3) is 0 Å². The zero-order valence-corrected chi connectivity index (χ0v) is 20.6. The highest BCUT2D eigenvalue weighted by Crippen LogP contribution is 2.66. The molecule has 10 nitrogen and oxygen atoms in total. The van der Waals surface area contributed by atoms with Gasteiger partial charge in [0.05, 0.1) is 16.7 Å². The fraction of sp³-hybridized carbons (Fsp3) is 0.133. The molecule has 4 aromatic rings. The Kier molecular flexibility index (Phi) is 4.78. The zero-order chi connectivity index (χ0) is 27.9. The lowest BCUT2D eigenvalue weighted by molar-refractivity contribution is 0.138. The molecule has 40 heavy (non-hydrogen) atoms. The molecular weight excluding hydrogens is 520 g/mol. The number of aliphatic hydroxyl groups excluding tert-OH is 1. The maximum absolute atomic E-state index is 11.1. The molecule has 0 unspecified atom stereocenters. The molecule has 0 aliphatic carbocycles. The van der Waals surface area contributed by atoms with E-state index in [1.807, 2.05) is 0 Å². The summed E-state index contributed by atoms with van der Waals surface area (Å²) >= 11 is 0. The van der Waals surface area contributed by atoms with Gasteiger partial charge in [0.1, 0.15) is 64.1 Å². The molecule has 3 atom stereocenters. The SMILES string of the molecule is OC1=Cc2c(O)cc3c(c2O[C@@H]1c1ccc(O)cc1)[C@]1(CO3)c2c(O)cc(O)cc2O[C@@H]1c1ccc(O)c(O)c1. The molecule has 1 spiro atoms. The number of hydrogen-bond donors (Lipinski definition) is 7. The monoisotopic (exact) mass is 542 g/mol. The van der Waals surface area contributed by atoms with Crippen molar-refractivity contribution < 1.29 is 50.0 Å². The van der Waals surface area contributed by atoms with Crippen molar-refractivity contribution in [3.05, 3.63) is 94.2 Å². The number of phenolic OH excluding ortho intramolecular Hbond substituents is 6. The van der Waals surface area contributed by atoms with Crippen LogP contribution in [0.15, 0.2) is 66.4 Å². The Morgan fingerprint density at radius 3 is 2.12 bits per heavy atom. The van der Waals surface area contributed by atoms with Crippen molar-refractivity contribution in [2.75, 3.05) is 6.61 Å². The summed E-state index contributed by atoms with van der Waals surface area (Å²) in [4.78, 5) is 0. The first-order valence-corrected chi connectivity index (χ1v) is 12.3. The van der Waals surface area contributed by atoms with Crippen LogP contribution in [-0.4, -0.2) is 42.4 Å². The maximum atomic E-state index is 11.1. The molecule has 0 fully saturated rings. The van der Waals surface area contributed by atoms with E-state index in [1.54, 1.807) is 18.2 Å². The Labute approximate surface area is 226 Å². The van der Waals surface area contributed by atoms with Gasteiger partial charge in [0, 0.05) is 23.8 Å². The molecule has 7 N–H and O–H groups in total. The van der Waals surface area contributed by atoms with Crippen molar-refractivity contribution in [2.45, 2.75) is 17.6 Å². The molecule has 7 rings (SSSR count). The zero-order valence-electron chi connectivity index (χ0n) is 20.6. The van der Waals surface area contributed by atoms with Crippen LogP contribution in [0, 0.1) is 0 Å². The highest BCUT2D eigenvalue weighted by molar-refractivity contribution is 5.78. The quantitative estimate of drug-likeness (QED) is 0.175. The Bertz CT molecular complexity index is 1740. The Balaban J connectivity index is 1.50. The van der Waals surface area contributed by atoms with Crippen LogP contribution in [0.2, 0.25) is 0 Å². The molecule has 0 radical (unpaired) electrons. The Morgan fingerprint density at radius 2 is 1.38 bits per heavy atom. The van der Waals surface area contributed by atoms with Crippen molar-refractivity contribution in [1.82, 2.24) is 0 Å². The van der Waals surface area contributed by atoms with E-state index < -0.39 is 17.6 Å². The van der Waals surface area contributed by atoms with Crippen LogP contribution in [-0.2, 0) is 5.41 Å². The minimum atomic E-state index is -1.32. The first-order chi connectivity index (χ1) is 19.2. The molecular formula is C30H22O10. The average molecular weight is 542 g/mol. The second-order valence-corrected chi connectivity index (χ2v) is 10.0. The van der Waals surface area contributed by atoms with Gasteiger partial charge in [0.15, 0.2) is 17.6 Å². The number of aliphatic hydroxyl groups is 1. The third kappa shape index (κ3) is 3.16. The summed E-state index contributed by atoms with van der Waals surface area (Å²) in [7, 11) is 0. The number of ether oxygens (including phenoxy) is 3. The number of phenols is 6. The highest BCUT2D eigenvalue weighted by Gasteiger charge is 2.60. The minimum Gasteiger partial charge on any atom is -0.508 e. The summed E-state index contributed by atoms with van der Waals surface area (Å²) in [5.41, 5.74) is 0.508. The molecule has 3 aliphatic rings. The van der Waals surface area contributed by atoms with Crippen molar-refractivity contribution in [3.63, 3.8) is 0 Å². The summed E-state index contributed by atoms with van der Waals surface area (Å²) in [5.74, 6) is -1.01. The van der Waals surface area contributed by atoms with Gasteiger partial charge in [0.2, 0.25) is 0 Å². The largest absolute Gasteiger partial charge is 0.508 e. The Morgan fingerprint density at radius 1 is 0.625 bits per heavy atom. The summed E-state index contributed by atoms with van der Waals surface area (Å²) in [6.45, 7) is -0.0845. The topological polar surface area (TPSA) is 169 Å². The standard InChI is InChI=1S/C30H22O10/c31-15-4-1-13(2-5-15)27-22(37)10-17-19(34)11-23-26(28(17)40-27)30(12-38-23)25-21(36)8-16(32)9-24(25)39-29(30)14-3-6-18(33)20(35)7-14/h1-11,27,29,31-37H,12H2/t27-,29-,30+/m1/s1. The van der Waals surface area contributed by atoms with E-state index in [4.69, 9.17) is 14.2 Å². The van der Waals surface area contributed by atoms with Crippen LogP contribution in [0.4, 0.5) is 0 Å². The molecule has 0 amide bonds. The minimum absolute atomic E-state index is 0.0350. The summed E-state index contributed by atoms with van der Waals surface area (Å²) < 4.78 is 18.8. The first-order valence-electron chi connectivity index (χ1n) is 12.3. The molecule has 0 bridgehead atoms. The van der Waals surface area contributed by atoms with Crippen molar-refractivity contribution in [2.24, 2.45) is 0 Å². The van der Waals surface area contributed by atoms with Gasteiger partial charge >= 0.3 is 0 Å². The first kappa shape index (κ1) is 23.7. The van der Waals surface area contributed by atoms with Gasteiger partial charge in [-0.25, -0.2) is 0 Å². The molecule has 0 saturated heterocycles. The molecule has 0 aromatic heterocycles. The lowest BCUT2D eigenvalue weighted by Crippen LogP contribution is -2.35. The van der Waals surface area contributed by atoms with Gasteiger partial charge < -0.3 is 50.0 Å². The number of fused-ring (bicyclic) bond motifs is 6. The van der Waals surface area contributed by atoms with Crippen LogP contribution in [0.5, 0.6) is 51.7 Å². The number of aromatic hydroxyl groups is 6. The van der Waals surface area contributed by atoms with Gasteiger partial charge in [-0.3, -0.25) is 0 Å². The van der Waals surface area contributed by atoms with Crippen LogP contribution in [0.3, 0.4) is 0 Å². The predicted molar refractivity (Wildman–Crippen MR) is 139 cm³/mol. The fourth-order valence-corrected chi connectivity index (χ4v) is 5.94. The van der Waals surface area contributed by atoms with E-state index in [2.05, 4.69) is 0 Å². The third-order valence-corrected chi connectivity index (χ3v) is 7.66. The third-order valence-electron chi connectivity index (χ3n) is 7.66. The van der Waals surface area contributed by atoms with Gasteiger partial charge in [-0.2, -0.15) is 0 Å². The van der Waals surface area contributed by atoms with Crippen LogP contribution >= 0.6 is 0 Å². The molecule has 3 aliphatic heterocycles. The van der Waals surface area contributed by atoms with Crippen molar-refractivity contribution in [3.8, 4) is 51.7 Å². The second kappa shape index (κ2) is 8.06. The fourth-order valence-electron chi connectivity index (χ4n) is 5.94. The highest BCUT2D eigenvalue weighted by atomic mass is 16.5. The Hall–Kier alpha value is -5.38. The van der Waals surface area contributed by atoms with E-state index >= 15 is 0 Å². The van der Waals surface area contributed by atoms with E-state index in [0.29, 0.717) is 16.7 Å². The smallest absolute Gasteiger partial charge is 0.180 e. The van der Waals surface area contributed by atoms with Gasteiger partial charge in [-0.05, 0) is 35.9 Å². The molecule has 0 saturated carbocycles. The molecule has 4 aromatic carbocycles. The van der Waals surface area contributed by atoms with E-state index in [-0.39, 0.29) is 75.2 Å². The van der Waals surface area contributed by atoms with Crippen molar-refractivity contribution in [1.29, 1.82) is 0 Å². The number of benzene rings is 4. The van der Waals surface area contributed by atoms with Gasteiger partial charge in [-0.1, -0.05) is 18.2 Å². The van der Waals surface area contributed by atoms with Gasteiger partial charge in [-0.15, -0.1) is 0 Å². The predicted octanol–water partition coefficient (Wildman–Crippen LogP) is 4.77.